The Morgan fingerprint density at radius 2 is 1.90 bits per heavy atom. The number of rotatable bonds is 2. The van der Waals surface area contributed by atoms with Gasteiger partial charge in [-0.25, -0.2) is 0 Å². The van der Waals surface area contributed by atoms with Gasteiger partial charge in [0.25, 0.3) is 0 Å². The Balaban J connectivity index is 2.20. The summed E-state index contributed by atoms with van der Waals surface area (Å²) in [6.07, 6.45) is -3.20. The summed E-state index contributed by atoms with van der Waals surface area (Å²) < 4.78 is 37.5. The molecule has 7 heteroatoms. The lowest BCUT2D eigenvalue weighted by Gasteiger charge is -2.48. The fourth-order valence-corrected chi connectivity index (χ4v) is 3.21. The zero-order valence-electron chi connectivity index (χ0n) is 11.6. The van der Waals surface area contributed by atoms with E-state index in [2.05, 4.69) is 0 Å². The van der Waals surface area contributed by atoms with E-state index < -0.39 is 30.7 Å². The van der Waals surface area contributed by atoms with Gasteiger partial charge in [-0.3, -0.25) is 9.59 Å². The minimum atomic E-state index is -4.34. The van der Waals surface area contributed by atoms with Crippen LogP contribution in [0.2, 0.25) is 0 Å². The number of piperazine rings is 1. The molecule has 0 aliphatic carbocycles. The van der Waals surface area contributed by atoms with Crippen LogP contribution < -0.4 is 0 Å². The maximum absolute atomic E-state index is 12.5. The lowest BCUT2D eigenvalue weighted by atomic mass is 9.94. The van der Waals surface area contributed by atoms with Gasteiger partial charge in [0.05, 0.1) is 6.42 Å². The summed E-state index contributed by atoms with van der Waals surface area (Å²) in [5.41, 5.74) is 0. The van der Waals surface area contributed by atoms with Gasteiger partial charge < -0.3 is 9.80 Å². The van der Waals surface area contributed by atoms with Crippen molar-refractivity contribution in [3.8, 4) is 0 Å². The lowest BCUT2D eigenvalue weighted by Crippen LogP contribution is -2.66. The Bertz CT molecular complexity index is 411. The molecule has 3 atom stereocenters. The van der Waals surface area contributed by atoms with Gasteiger partial charge in [0.1, 0.15) is 12.1 Å². The van der Waals surface area contributed by atoms with Gasteiger partial charge in [-0.15, -0.1) is 0 Å². The number of carbonyl (C=O) groups is 2. The summed E-state index contributed by atoms with van der Waals surface area (Å²) in [6.45, 7) is 3.40. The van der Waals surface area contributed by atoms with Crippen molar-refractivity contribution < 1.29 is 22.8 Å². The lowest BCUT2D eigenvalue weighted by molar-refractivity contribution is -0.174. The highest BCUT2D eigenvalue weighted by Crippen LogP contribution is 2.31. The van der Waals surface area contributed by atoms with E-state index in [0.717, 1.165) is 17.7 Å². The van der Waals surface area contributed by atoms with E-state index in [9.17, 15) is 22.8 Å². The zero-order chi connectivity index (χ0) is 15.1. The quantitative estimate of drug-likeness (QED) is 0.780. The third kappa shape index (κ3) is 2.76. The monoisotopic (exact) mass is 292 g/mol. The first-order valence-electron chi connectivity index (χ1n) is 6.92. The second-order valence-corrected chi connectivity index (χ2v) is 5.63. The van der Waals surface area contributed by atoms with Gasteiger partial charge >= 0.3 is 6.18 Å². The maximum atomic E-state index is 12.5. The zero-order valence-corrected chi connectivity index (χ0v) is 11.6. The topological polar surface area (TPSA) is 40.6 Å². The van der Waals surface area contributed by atoms with Crippen molar-refractivity contribution in [3.05, 3.63) is 0 Å². The first-order valence-corrected chi connectivity index (χ1v) is 6.92. The van der Waals surface area contributed by atoms with Crippen molar-refractivity contribution in [2.75, 3.05) is 6.54 Å². The van der Waals surface area contributed by atoms with Gasteiger partial charge in [-0.2, -0.15) is 13.2 Å². The van der Waals surface area contributed by atoms with Crippen LogP contribution >= 0.6 is 0 Å². The summed E-state index contributed by atoms with van der Waals surface area (Å²) in [4.78, 5) is 27.3. The highest BCUT2D eigenvalue weighted by Gasteiger charge is 2.47. The molecule has 2 fully saturated rings. The summed E-state index contributed by atoms with van der Waals surface area (Å²) >= 11 is 0. The molecule has 0 N–H and O–H groups in total. The molecule has 0 bridgehead atoms. The summed E-state index contributed by atoms with van der Waals surface area (Å²) in [5.74, 6) is -0.572. The van der Waals surface area contributed by atoms with Crippen molar-refractivity contribution in [1.29, 1.82) is 0 Å². The van der Waals surface area contributed by atoms with Crippen LogP contribution in [0.15, 0.2) is 0 Å². The van der Waals surface area contributed by atoms with Crippen LogP contribution in [0.3, 0.4) is 0 Å². The molecule has 20 heavy (non-hydrogen) atoms. The Kier molecular flexibility index (Phi) is 3.97. The van der Waals surface area contributed by atoms with Crippen LogP contribution in [0, 0.1) is 0 Å². The molecule has 4 nitrogen and oxygen atoms in total. The fraction of sp³-hybridized carbons (Fsp3) is 0.846. The third-order valence-electron chi connectivity index (χ3n) is 4.10. The minimum Gasteiger partial charge on any atom is -0.329 e. The predicted molar refractivity (Wildman–Crippen MR) is 65.8 cm³/mol. The van der Waals surface area contributed by atoms with Crippen LogP contribution in [0.5, 0.6) is 0 Å². The standard InChI is InChI=1S/C13H19F3N2O2/c1-8(7-13(14,15)16)18-9(2)11(19)17-6-4-3-5-10(17)12(18)20/h8-10H,3-7H2,1-2H3. The molecule has 2 amide bonds. The van der Waals surface area contributed by atoms with Crippen LogP contribution in [-0.2, 0) is 9.59 Å². The predicted octanol–water partition coefficient (Wildman–Crippen LogP) is 1.94. The summed E-state index contributed by atoms with van der Waals surface area (Å²) in [7, 11) is 0. The normalized spacial score (nSPS) is 29.4. The molecule has 2 heterocycles. The first-order chi connectivity index (χ1) is 9.22. The highest BCUT2D eigenvalue weighted by molar-refractivity contribution is 5.97. The molecule has 0 aromatic carbocycles. The van der Waals surface area contributed by atoms with E-state index in [4.69, 9.17) is 0 Å². The molecule has 114 valence electrons. The van der Waals surface area contributed by atoms with Gasteiger partial charge in [0.2, 0.25) is 11.8 Å². The van der Waals surface area contributed by atoms with Crippen molar-refractivity contribution >= 4 is 11.8 Å². The third-order valence-corrected chi connectivity index (χ3v) is 4.10. The smallest absolute Gasteiger partial charge is 0.329 e. The highest BCUT2D eigenvalue weighted by atomic mass is 19.4. The van der Waals surface area contributed by atoms with Crippen molar-refractivity contribution in [2.45, 2.75) is 63.8 Å². The Morgan fingerprint density at radius 1 is 1.25 bits per heavy atom. The number of hydrogen-bond donors (Lipinski definition) is 0. The number of nitrogens with zero attached hydrogens (tertiary/aromatic N) is 2. The van der Waals surface area contributed by atoms with Gasteiger partial charge in [-0.1, -0.05) is 0 Å². The number of carbonyl (C=O) groups excluding carboxylic acids is 2. The average molecular weight is 292 g/mol. The Labute approximate surface area is 115 Å². The van der Waals surface area contributed by atoms with Crippen molar-refractivity contribution in [3.63, 3.8) is 0 Å². The number of fused-ring (bicyclic) bond motifs is 1. The van der Waals surface area contributed by atoms with Crippen molar-refractivity contribution in [1.82, 2.24) is 9.80 Å². The van der Waals surface area contributed by atoms with Crippen LogP contribution in [0.25, 0.3) is 0 Å². The molecule has 2 saturated heterocycles. The van der Waals surface area contributed by atoms with E-state index in [-0.39, 0.29) is 11.8 Å². The van der Waals surface area contributed by atoms with E-state index in [1.54, 1.807) is 0 Å². The number of amides is 2. The minimum absolute atomic E-state index is 0.233. The second kappa shape index (κ2) is 5.26. The van der Waals surface area contributed by atoms with E-state index >= 15 is 0 Å². The molecule has 0 aromatic rings. The largest absolute Gasteiger partial charge is 0.391 e. The SMILES string of the molecule is CC(CC(F)(F)F)N1C(=O)C2CCCCN2C(=O)C1C. The molecule has 2 aliphatic heterocycles. The maximum Gasteiger partial charge on any atom is 0.391 e. The molecular formula is C13H19F3N2O2. The summed E-state index contributed by atoms with van der Waals surface area (Å²) in [6, 6.07) is -2.39. The fourth-order valence-electron chi connectivity index (χ4n) is 3.21. The van der Waals surface area contributed by atoms with Crippen molar-refractivity contribution in [2.24, 2.45) is 0 Å². The molecule has 2 rings (SSSR count). The molecule has 2 aliphatic rings. The molecule has 3 unspecified atom stereocenters. The average Bonchev–Trinajstić information content (AvgIpc) is 2.34. The molecule has 0 saturated carbocycles. The number of halogens is 3. The van der Waals surface area contributed by atoms with Crippen LogP contribution in [0.4, 0.5) is 13.2 Å². The molecule has 0 aromatic heterocycles. The van der Waals surface area contributed by atoms with Crippen LogP contribution in [-0.4, -0.2) is 52.5 Å². The van der Waals surface area contributed by atoms with Crippen LogP contribution in [0.1, 0.15) is 39.5 Å². The van der Waals surface area contributed by atoms with Gasteiger partial charge in [0, 0.05) is 12.6 Å². The van der Waals surface area contributed by atoms with Gasteiger partial charge in [-0.05, 0) is 33.1 Å². The summed E-state index contributed by atoms with van der Waals surface area (Å²) in [5, 5.41) is 0. The van der Waals surface area contributed by atoms with E-state index in [1.165, 1.54) is 18.7 Å². The Hall–Kier alpha value is -1.27. The number of piperidine rings is 1. The molecule has 0 spiro atoms. The molecular weight excluding hydrogens is 273 g/mol. The number of hydrogen-bond acceptors (Lipinski definition) is 2. The Morgan fingerprint density at radius 3 is 2.50 bits per heavy atom. The van der Waals surface area contributed by atoms with Gasteiger partial charge in [0.15, 0.2) is 0 Å². The number of alkyl halides is 3. The van der Waals surface area contributed by atoms with E-state index in [0.29, 0.717) is 13.0 Å². The van der Waals surface area contributed by atoms with E-state index in [1.807, 2.05) is 0 Å². The molecule has 0 radical (unpaired) electrons. The first kappa shape index (κ1) is 15.1. The second-order valence-electron chi connectivity index (χ2n) is 5.63.